The molecule has 0 aliphatic heterocycles. The summed E-state index contributed by atoms with van der Waals surface area (Å²) in [6.45, 7) is 18.9. The fraction of sp³-hybridized carbons (Fsp3) is 0.140. The summed E-state index contributed by atoms with van der Waals surface area (Å²) in [5, 5.41) is 0. The van der Waals surface area contributed by atoms with Crippen molar-refractivity contribution in [3.8, 4) is 39.5 Å². The molecule has 0 aromatic heterocycles. The summed E-state index contributed by atoms with van der Waals surface area (Å²) in [6, 6.07) is 13.4. The second-order valence-electron chi connectivity index (χ2n) is 12.3. The molecular weight excluding hydrogens is 771 g/mol. The van der Waals surface area contributed by atoms with Gasteiger partial charge in [-0.3, -0.25) is 0 Å². The molecule has 0 fully saturated rings. The molecule has 0 spiro atoms. The van der Waals surface area contributed by atoms with Crippen LogP contribution in [0.4, 0.5) is 22.0 Å². The van der Waals surface area contributed by atoms with Gasteiger partial charge in [-0.1, -0.05) is 44.5 Å². The van der Waals surface area contributed by atoms with Crippen LogP contribution in [0.15, 0.2) is 115 Å². The average Bonchev–Trinajstić information content (AvgIpc) is 3.16. The number of halogens is 5. The van der Waals surface area contributed by atoms with E-state index >= 15 is 0 Å². The van der Waals surface area contributed by atoms with E-state index in [-0.39, 0.29) is 52.2 Å². The molecule has 0 atom stereocenters. The second-order valence-corrected chi connectivity index (χ2v) is 12.3. The minimum absolute atomic E-state index is 0.0227. The van der Waals surface area contributed by atoms with Crippen LogP contribution in [0, 0.1) is 29.1 Å². The van der Waals surface area contributed by atoms with Crippen LogP contribution in [0.3, 0.4) is 0 Å². The molecule has 0 saturated heterocycles. The van der Waals surface area contributed by atoms with Crippen molar-refractivity contribution in [1.82, 2.24) is 0 Å². The summed E-state index contributed by atoms with van der Waals surface area (Å²) >= 11 is 0. The first-order valence-corrected chi connectivity index (χ1v) is 16.7. The van der Waals surface area contributed by atoms with Crippen molar-refractivity contribution < 1.29 is 69.6 Å². The Balaban J connectivity index is 0.000000311. The summed E-state index contributed by atoms with van der Waals surface area (Å²) in [7, 11) is 0. The van der Waals surface area contributed by atoms with Crippen molar-refractivity contribution in [3.05, 3.63) is 150 Å². The standard InChI is InChI=1S/C23H21FO6.C20H14F4O4/c1-14(2)21(25)28-11-12-29-23(27)17-7-10-19(20(24)13-17)16-5-8-18(9-6-16)30-22(26)15(3)4;1-9(2)19(25)27-15-6-5-12(16(23)17(15)24)11-7-13(21)18(14(22)8-11)28-20(26)10(3)4/h5-10,13H,1,3,11-12H2,2,4H3;5-8H,1,3H2,2,4H3. The van der Waals surface area contributed by atoms with E-state index in [1.807, 2.05) is 0 Å². The lowest BCUT2D eigenvalue weighted by molar-refractivity contribution is -0.140. The second kappa shape index (κ2) is 20.1. The Labute approximate surface area is 329 Å². The molecule has 0 heterocycles. The normalized spacial score (nSPS) is 10.2. The van der Waals surface area contributed by atoms with E-state index in [2.05, 4.69) is 35.8 Å². The molecule has 4 rings (SSSR count). The minimum Gasteiger partial charge on any atom is -0.459 e. The fourth-order valence-electron chi connectivity index (χ4n) is 4.26. The van der Waals surface area contributed by atoms with Gasteiger partial charge in [-0.05, 0) is 87.4 Å². The van der Waals surface area contributed by atoms with Crippen molar-refractivity contribution in [1.29, 1.82) is 0 Å². The first-order valence-electron chi connectivity index (χ1n) is 16.7. The minimum atomic E-state index is -1.52. The van der Waals surface area contributed by atoms with Crippen LogP contribution in [0.1, 0.15) is 38.1 Å². The van der Waals surface area contributed by atoms with Crippen LogP contribution in [0.2, 0.25) is 0 Å². The third kappa shape index (κ3) is 12.2. The van der Waals surface area contributed by atoms with Gasteiger partial charge in [0.05, 0.1) is 5.56 Å². The number of esters is 5. The van der Waals surface area contributed by atoms with Gasteiger partial charge in [-0.2, -0.15) is 4.39 Å². The molecule has 4 aromatic carbocycles. The van der Waals surface area contributed by atoms with Gasteiger partial charge in [0.1, 0.15) is 24.8 Å². The maximum atomic E-state index is 14.5. The van der Waals surface area contributed by atoms with E-state index in [0.29, 0.717) is 23.4 Å². The lowest BCUT2D eigenvalue weighted by Gasteiger charge is -2.11. The largest absolute Gasteiger partial charge is 0.459 e. The smallest absolute Gasteiger partial charge is 0.338 e. The third-order valence-corrected chi connectivity index (χ3v) is 7.28. The maximum Gasteiger partial charge on any atom is 0.338 e. The Morgan fingerprint density at radius 1 is 0.500 bits per heavy atom. The molecule has 0 N–H and O–H groups in total. The zero-order valence-electron chi connectivity index (χ0n) is 31.6. The molecule has 0 aliphatic carbocycles. The van der Waals surface area contributed by atoms with Gasteiger partial charge >= 0.3 is 29.8 Å². The quantitative estimate of drug-likeness (QED) is 0.0424. The molecule has 302 valence electrons. The number of carbonyl (C=O) groups excluding carboxylic acids is 5. The highest BCUT2D eigenvalue weighted by Crippen LogP contribution is 2.34. The van der Waals surface area contributed by atoms with E-state index in [1.165, 1.54) is 52.0 Å². The SMILES string of the molecule is C=C(C)C(=O)OCCOC(=O)c1ccc(-c2ccc(OC(=O)C(=C)C)cc2)c(F)c1.C=C(C)C(=O)Oc1ccc(-c2cc(F)c(OC(=O)C(=C)C)c(F)c2)c(F)c1F. The zero-order chi connectivity index (χ0) is 43.4. The first kappa shape index (κ1) is 45.2. The molecular formula is C43H35F5O10. The molecule has 0 radical (unpaired) electrons. The first-order chi connectivity index (χ1) is 27.2. The summed E-state index contributed by atoms with van der Waals surface area (Å²) in [5.41, 5.74) is 0.345. The number of hydrogen-bond donors (Lipinski definition) is 0. The Kier molecular flexibility index (Phi) is 15.7. The van der Waals surface area contributed by atoms with Gasteiger partial charge in [0.2, 0.25) is 11.6 Å². The van der Waals surface area contributed by atoms with E-state index in [4.69, 9.17) is 14.2 Å². The third-order valence-electron chi connectivity index (χ3n) is 7.28. The number of hydrogen-bond acceptors (Lipinski definition) is 10. The topological polar surface area (TPSA) is 132 Å². The number of carbonyl (C=O) groups is 5. The molecule has 0 aliphatic rings. The summed E-state index contributed by atoms with van der Waals surface area (Å²) < 4.78 is 95.4. The van der Waals surface area contributed by atoms with E-state index in [1.54, 1.807) is 12.1 Å². The monoisotopic (exact) mass is 806 g/mol. The van der Waals surface area contributed by atoms with E-state index in [9.17, 15) is 45.9 Å². The lowest BCUT2D eigenvalue weighted by Crippen LogP contribution is -2.14. The van der Waals surface area contributed by atoms with Crippen LogP contribution in [-0.2, 0) is 28.7 Å². The Hall–Kier alpha value is -7.16. The van der Waals surface area contributed by atoms with Gasteiger partial charge in [-0.25, -0.2) is 41.5 Å². The van der Waals surface area contributed by atoms with Crippen LogP contribution < -0.4 is 14.2 Å². The molecule has 4 aromatic rings. The summed E-state index contributed by atoms with van der Waals surface area (Å²) in [4.78, 5) is 57.7. The highest BCUT2D eigenvalue weighted by molar-refractivity contribution is 5.91. The van der Waals surface area contributed by atoms with Crippen molar-refractivity contribution >= 4 is 29.8 Å². The average molecular weight is 807 g/mol. The predicted octanol–water partition coefficient (Wildman–Crippen LogP) is 9.12. The Bertz CT molecular complexity index is 2310. The van der Waals surface area contributed by atoms with Gasteiger partial charge in [0.15, 0.2) is 23.2 Å². The zero-order valence-corrected chi connectivity index (χ0v) is 31.6. The molecule has 15 heteroatoms. The van der Waals surface area contributed by atoms with Crippen LogP contribution >= 0.6 is 0 Å². The van der Waals surface area contributed by atoms with E-state index < -0.39 is 76.0 Å². The fourth-order valence-corrected chi connectivity index (χ4v) is 4.26. The van der Waals surface area contributed by atoms with Crippen LogP contribution in [-0.4, -0.2) is 43.1 Å². The molecule has 0 saturated carbocycles. The molecule has 0 bridgehead atoms. The van der Waals surface area contributed by atoms with Crippen LogP contribution in [0.25, 0.3) is 22.3 Å². The lowest BCUT2D eigenvalue weighted by atomic mass is 10.0. The predicted molar refractivity (Wildman–Crippen MR) is 201 cm³/mol. The summed E-state index contributed by atoms with van der Waals surface area (Å²) in [5.74, 6) is -11.5. The summed E-state index contributed by atoms with van der Waals surface area (Å²) in [6.07, 6.45) is 0. The van der Waals surface area contributed by atoms with E-state index in [0.717, 1.165) is 18.2 Å². The van der Waals surface area contributed by atoms with Crippen LogP contribution in [0.5, 0.6) is 17.2 Å². The molecule has 58 heavy (non-hydrogen) atoms. The van der Waals surface area contributed by atoms with Gasteiger partial charge in [0, 0.05) is 33.4 Å². The van der Waals surface area contributed by atoms with Gasteiger partial charge in [0.25, 0.3) is 0 Å². The number of ether oxygens (including phenoxy) is 5. The van der Waals surface area contributed by atoms with Gasteiger partial charge in [-0.15, -0.1) is 0 Å². The van der Waals surface area contributed by atoms with Crippen molar-refractivity contribution in [2.45, 2.75) is 27.7 Å². The molecule has 0 unspecified atom stereocenters. The number of rotatable bonds is 13. The Morgan fingerprint density at radius 3 is 1.53 bits per heavy atom. The highest BCUT2D eigenvalue weighted by Gasteiger charge is 2.22. The van der Waals surface area contributed by atoms with Gasteiger partial charge < -0.3 is 23.7 Å². The number of benzene rings is 4. The van der Waals surface area contributed by atoms with Crippen molar-refractivity contribution in [3.63, 3.8) is 0 Å². The molecule has 10 nitrogen and oxygen atoms in total. The Morgan fingerprint density at radius 2 is 1.00 bits per heavy atom. The maximum absolute atomic E-state index is 14.5. The highest BCUT2D eigenvalue weighted by atomic mass is 19.2. The molecule has 0 amide bonds. The van der Waals surface area contributed by atoms with Crippen molar-refractivity contribution in [2.75, 3.05) is 13.2 Å². The van der Waals surface area contributed by atoms with Crippen molar-refractivity contribution in [2.24, 2.45) is 0 Å².